The molecule has 0 radical (unpaired) electrons. The third-order valence-corrected chi connectivity index (χ3v) is 4.58. The fraction of sp³-hybridized carbons (Fsp3) is 0.294. The molecule has 5 heteroatoms. The summed E-state index contributed by atoms with van der Waals surface area (Å²) in [4.78, 5) is 16.7. The van der Waals surface area contributed by atoms with Crippen LogP contribution in [0.2, 0.25) is 0 Å². The highest BCUT2D eigenvalue weighted by Gasteiger charge is 2.20. The lowest BCUT2D eigenvalue weighted by molar-refractivity contribution is 0.0932. The number of aromatic nitrogens is 1. The second-order valence-corrected chi connectivity index (χ2v) is 6.36. The molecule has 2 aromatic rings. The number of ether oxygens (including phenoxy) is 1. The van der Waals surface area contributed by atoms with Crippen molar-refractivity contribution in [1.82, 2.24) is 10.3 Å². The number of pyridine rings is 1. The van der Waals surface area contributed by atoms with Gasteiger partial charge in [-0.05, 0) is 48.6 Å². The molecule has 1 aromatic carbocycles. The standard InChI is InChI=1S/C17H18N2O2S/c20-16(19-13-8-11-22-12-9-13)15-7-4-10-18-17(15)21-14-5-2-1-3-6-14/h1-7,10,13H,8-9,11-12H2,(H,19,20). The molecule has 0 saturated carbocycles. The van der Waals surface area contributed by atoms with E-state index in [1.807, 2.05) is 42.1 Å². The number of nitrogens with one attached hydrogen (secondary N) is 1. The second kappa shape index (κ2) is 7.31. The van der Waals surface area contributed by atoms with E-state index in [9.17, 15) is 4.79 Å². The number of para-hydroxylation sites is 1. The third kappa shape index (κ3) is 3.80. The van der Waals surface area contributed by atoms with E-state index in [1.54, 1.807) is 18.3 Å². The van der Waals surface area contributed by atoms with Gasteiger partial charge in [-0.2, -0.15) is 11.8 Å². The van der Waals surface area contributed by atoms with E-state index in [2.05, 4.69) is 10.3 Å². The average molecular weight is 314 g/mol. The first kappa shape index (κ1) is 14.9. The van der Waals surface area contributed by atoms with Crippen LogP contribution in [-0.2, 0) is 0 Å². The van der Waals surface area contributed by atoms with Gasteiger partial charge in [0.05, 0.1) is 0 Å². The van der Waals surface area contributed by atoms with Gasteiger partial charge in [0, 0.05) is 12.2 Å². The van der Waals surface area contributed by atoms with E-state index >= 15 is 0 Å². The molecule has 0 bridgehead atoms. The SMILES string of the molecule is O=C(NC1CCSCC1)c1cccnc1Oc1ccccc1. The molecular weight excluding hydrogens is 296 g/mol. The molecule has 1 aliphatic rings. The number of benzene rings is 1. The first-order chi connectivity index (χ1) is 10.8. The smallest absolute Gasteiger partial charge is 0.257 e. The molecule has 2 heterocycles. The van der Waals surface area contributed by atoms with Crippen LogP contribution in [-0.4, -0.2) is 28.4 Å². The Morgan fingerprint density at radius 2 is 1.91 bits per heavy atom. The molecule has 1 amide bonds. The normalized spacial score (nSPS) is 15.3. The number of rotatable bonds is 4. The Balaban J connectivity index is 1.74. The van der Waals surface area contributed by atoms with Gasteiger partial charge in [0.25, 0.3) is 5.91 Å². The Morgan fingerprint density at radius 3 is 2.68 bits per heavy atom. The van der Waals surface area contributed by atoms with Gasteiger partial charge in [0.2, 0.25) is 5.88 Å². The minimum atomic E-state index is -0.115. The molecule has 1 aliphatic heterocycles. The number of hydrogen-bond donors (Lipinski definition) is 1. The van der Waals surface area contributed by atoms with Crippen LogP contribution in [0.1, 0.15) is 23.2 Å². The van der Waals surface area contributed by atoms with E-state index < -0.39 is 0 Å². The molecule has 22 heavy (non-hydrogen) atoms. The summed E-state index contributed by atoms with van der Waals surface area (Å²) in [6.07, 6.45) is 3.67. The number of hydrogen-bond acceptors (Lipinski definition) is 4. The molecule has 0 spiro atoms. The number of carbonyl (C=O) groups is 1. The summed E-state index contributed by atoms with van der Waals surface area (Å²) in [5, 5.41) is 3.09. The van der Waals surface area contributed by atoms with Crippen molar-refractivity contribution in [3.63, 3.8) is 0 Å². The van der Waals surface area contributed by atoms with Gasteiger partial charge in [-0.1, -0.05) is 18.2 Å². The molecule has 1 aromatic heterocycles. The highest BCUT2D eigenvalue weighted by molar-refractivity contribution is 7.99. The summed E-state index contributed by atoms with van der Waals surface area (Å²) in [6, 6.07) is 13.1. The number of amides is 1. The van der Waals surface area contributed by atoms with Gasteiger partial charge in [-0.3, -0.25) is 4.79 Å². The molecule has 0 atom stereocenters. The van der Waals surface area contributed by atoms with Crippen LogP contribution >= 0.6 is 11.8 Å². The molecule has 1 N–H and O–H groups in total. The molecule has 1 saturated heterocycles. The van der Waals surface area contributed by atoms with Crippen LogP contribution in [0.25, 0.3) is 0 Å². The van der Waals surface area contributed by atoms with E-state index in [0.29, 0.717) is 17.2 Å². The van der Waals surface area contributed by atoms with Crippen molar-refractivity contribution >= 4 is 17.7 Å². The number of thioether (sulfide) groups is 1. The van der Waals surface area contributed by atoms with E-state index in [-0.39, 0.29) is 11.9 Å². The maximum absolute atomic E-state index is 12.5. The maximum Gasteiger partial charge on any atom is 0.257 e. The predicted molar refractivity (Wildman–Crippen MR) is 88.6 cm³/mol. The average Bonchev–Trinajstić information content (AvgIpc) is 2.57. The largest absolute Gasteiger partial charge is 0.438 e. The van der Waals surface area contributed by atoms with Crippen LogP contribution < -0.4 is 10.1 Å². The quantitative estimate of drug-likeness (QED) is 0.938. The fourth-order valence-corrected chi connectivity index (χ4v) is 3.46. The number of carbonyl (C=O) groups excluding carboxylic acids is 1. The molecular formula is C17H18N2O2S. The fourth-order valence-electron chi connectivity index (χ4n) is 2.35. The minimum Gasteiger partial charge on any atom is -0.438 e. The maximum atomic E-state index is 12.5. The van der Waals surface area contributed by atoms with Gasteiger partial charge in [-0.15, -0.1) is 0 Å². The van der Waals surface area contributed by atoms with Gasteiger partial charge in [-0.25, -0.2) is 4.98 Å². The Hall–Kier alpha value is -2.01. The van der Waals surface area contributed by atoms with Crippen molar-refractivity contribution in [3.05, 3.63) is 54.2 Å². The molecule has 114 valence electrons. The Kier molecular flexibility index (Phi) is 4.96. The zero-order valence-electron chi connectivity index (χ0n) is 12.2. The van der Waals surface area contributed by atoms with Crippen molar-refractivity contribution in [2.45, 2.75) is 18.9 Å². The lowest BCUT2D eigenvalue weighted by Gasteiger charge is -2.22. The second-order valence-electron chi connectivity index (χ2n) is 5.13. The van der Waals surface area contributed by atoms with Crippen LogP contribution in [0.3, 0.4) is 0 Å². The van der Waals surface area contributed by atoms with Gasteiger partial charge < -0.3 is 10.1 Å². The third-order valence-electron chi connectivity index (χ3n) is 3.53. The van der Waals surface area contributed by atoms with Crippen LogP contribution in [0.4, 0.5) is 0 Å². The summed E-state index contributed by atoms with van der Waals surface area (Å²) in [7, 11) is 0. The predicted octanol–water partition coefficient (Wildman–Crippen LogP) is 3.50. The lowest BCUT2D eigenvalue weighted by Crippen LogP contribution is -2.37. The topological polar surface area (TPSA) is 51.2 Å². The Bertz CT molecular complexity index is 628. The molecule has 0 aliphatic carbocycles. The summed E-state index contributed by atoms with van der Waals surface area (Å²) in [6.45, 7) is 0. The van der Waals surface area contributed by atoms with Crippen molar-refractivity contribution in [2.75, 3.05) is 11.5 Å². The molecule has 3 rings (SSSR count). The number of nitrogens with zero attached hydrogens (tertiary/aromatic N) is 1. The van der Waals surface area contributed by atoms with E-state index in [4.69, 9.17) is 4.74 Å². The van der Waals surface area contributed by atoms with Crippen LogP contribution in [0.15, 0.2) is 48.7 Å². The van der Waals surface area contributed by atoms with E-state index in [1.165, 1.54) is 0 Å². The van der Waals surface area contributed by atoms with Crippen molar-refractivity contribution in [1.29, 1.82) is 0 Å². The van der Waals surface area contributed by atoms with Crippen LogP contribution in [0, 0.1) is 0 Å². The lowest BCUT2D eigenvalue weighted by atomic mass is 10.1. The molecule has 0 unspecified atom stereocenters. The molecule has 4 nitrogen and oxygen atoms in total. The highest BCUT2D eigenvalue weighted by atomic mass is 32.2. The Morgan fingerprint density at radius 1 is 1.14 bits per heavy atom. The van der Waals surface area contributed by atoms with Gasteiger partial charge in [0.1, 0.15) is 11.3 Å². The zero-order chi connectivity index (χ0) is 15.2. The summed E-state index contributed by atoms with van der Waals surface area (Å²) in [5.41, 5.74) is 0.476. The van der Waals surface area contributed by atoms with Crippen molar-refractivity contribution in [3.8, 4) is 11.6 Å². The summed E-state index contributed by atoms with van der Waals surface area (Å²) < 4.78 is 5.74. The van der Waals surface area contributed by atoms with Gasteiger partial charge >= 0.3 is 0 Å². The van der Waals surface area contributed by atoms with Crippen LogP contribution in [0.5, 0.6) is 11.6 Å². The minimum absolute atomic E-state index is 0.115. The summed E-state index contributed by atoms with van der Waals surface area (Å²) in [5.74, 6) is 3.10. The highest BCUT2D eigenvalue weighted by Crippen LogP contribution is 2.23. The molecule has 1 fully saturated rings. The van der Waals surface area contributed by atoms with Crippen molar-refractivity contribution < 1.29 is 9.53 Å². The monoisotopic (exact) mass is 314 g/mol. The zero-order valence-corrected chi connectivity index (χ0v) is 13.0. The first-order valence-electron chi connectivity index (χ1n) is 7.39. The summed E-state index contributed by atoms with van der Waals surface area (Å²) >= 11 is 1.94. The van der Waals surface area contributed by atoms with Gasteiger partial charge in [0.15, 0.2) is 0 Å². The van der Waals surface area contributed by atoms with E-state index in [0.717, 1.165) is 24.3 Å². The van der Waals surface area contributed by atoms with Crippen molar-refractivity contribution in [2.24, 2.45) is 0 Å². The first-order valence-corrected chi connectivity index (χ1v) is 8.55. The Labute approximate surface area is 134 Å².